The number of unbranched alkanes of at least 4 members (excludes halogenated alkanes) is 4. The molecule has 1 radical (unpaired) electrons. The van der Waals surface area contributed by atoms with E-state index in [9.17, 15) is 0 Å². The first kappa shape index (κ1) is 15.0. The summed E-state index contributed by atoms with van der Waals surface area (Å²) in [5.74, 6) is 0. The van der Waals surface area contributed by atoms with E-state index in [1.807, 2.05) is 0 Å². The second-order valence-corrected chi connectivity index (χ2v) is 4.94. The Hall–Kier alpha value is -1.04. The first-order valence-electron chi connectivity index (χ1n) is 7.39. The number of rotatable bonds is 9. The van der Waals surface area contributed by atoms with Crippen LogP contribution in [0.1, 0.15) is 56.6 Å². The van der Waals surface area contributed by atoms with Gasteiger partial charge in [-0.3, -0.25) is 0 Å². The van der Waals surface area contributed by atoms with Gasteiger partial charge in [-0.25, -0.2) is 0 Å². The molecule has 0 unspecified atom stereocenters. The van der Waals surface area contributed by atoms with E-state index >= 15 is 0 Å². The molecule has 0 spiro atoms. The molecule has 0 aliphatic heterocycles. The molecule has 1 rings (SSSR count). The Kier molecular flexibility index (Phi) is 8.29. The maximum Gasteiger partial charge on any atom is -0.00975 e. The molecule has 18 heavy (non-hydrogen) atoms. The predicted octanol–water partition coefficient (Wildman–Crippen LogP) is 5.52. The molecule has 0 heteroatoms. The molecule has 0 N–H and O–H groups in total. The molecule has 0 aliphatic rings. The highest BCUT2D eigenvalue weighted by Crippen LogP contribution is 2.10. The fraction of sp³-hybridized carbons (Fsp3) is 0.500. The molecule has 1 aromatic rings. The van der Waals surface area contributed by atoms with Crippen molar-refractivity contribution in [3.05, 3.63) is 54.5 Å². The summed E-state index contributed by atoms with van der Waals surface area (Å²) in [6.07, 6.45) is 14.2. The zero-order valence-electron chi connectivity index (χ0n) is 11.8. The summed E-state index contributed by atoms with van der Waals surface area (Å²) in [7, 11) is 0. The molecule has 0 saturated heterocycles. The summed E-state index contributed by atoms with van der Waals surface area (Å²) in [6.45, 7) is 6.09. The zero-order valence-corrected chi connectivity index (χ0v) is 11.8. The van der Waals surface area contributed by atoms with Crippen LogP contribution in [0.3, 0.4) is 0 Å². The van der Waals surface area contributed by atoms with Gasteiger partial charge in [-0.15, -0.1) is 0 Å². The molecule has 0 atom stereocenters. The van der Waals surface area contributed by atoms with Crippen molar-refractivity contribution in [1.82, 2.24) is 0 Å². The lowest BCUT2D eigenvalue weighted by atomic mass is 10.0. The SMILES string of the molecule is [CH2]CCCCCc1ccc(CC=CCCC)cc1. The predicted molar refractivity (Wildman–Crippen MR) is 81.7 cm³/mol. The Balaban J connectivity index is 2.28. The molecule has 0 aliphatic carbocycles. The smallest absolute Gasteiger partial charge is 0.00975 e. The van der Waals surface area contributed by atoms with E-state index in [2.05, 4.69) is 50.3 Å². The number of hydrogen-bond acceptors (Lipinski definition) is 0. The highest BCUT2D eigenvalue weighted by molar-refractivity contribution is 5.24. The van der Waals surface area contributed by atoms with Crippen LogP contribution >= 0.6 is 0 Å². The van der Waals surface area contributed by atoms with E-state index in [4.69, 9.17) is 0 Å². The van der Waals surface area contributed by atoms with E-state index in [0.29, 0.717) is 0 Å². The van der Waals surface area contributed by atoms with E-state index in [-0.39, 0.29) is 0 Å². The lowest BCUT2D eigenvalue weighted by molar-refractivity contribution is 0.686. The van der Waals surface area contributed by atoms with Gasteiger partial charge in [-0.2, -0.15) is 0 Å². The summed E-state index contributed by atoms with van der Waals surface area (Å²) in [6, 6.07) is 9.11. The number of allylic oxidation sites excluding steroid dienone is 2. The number of benzene rings is 1. The third-order valence-corrected chi connectivity index (χ3v) is 3.21. The third-order valence-electron chi connectivity index (χ3n) is 3.21. The van der Waals surface area contributed by atoms with Gasteiger partial charge in [0, 0.05) is 0 Å². The average Bonchev–Trinajstić information content (AvgIpc) is 2.41. The van der Waals surface area contributed by atoms with Crippen LogP contribution in [0.15, 0.2) is 36.4 Å². The van der Waals surface area contributed by atoms with Crippen molar-refractivity contribution >= 4 is 0 Å². The second-order valence-electron chi connectivity index (χ2n) is 4.94. The van der Waals surface area contributed by atoms with Gasteiger partial charge in [0.15, 0.2) is 0 Å². The quantitative estimate of drug-likeness (QED) is 0.395. The largest absolute Gasteiger partial charge is 0.0882 e. The summed E-state index contributed by atoms with van der Waals surface area (Å²) in [5.41, 5.74) is 2.89. The Morgan fingerprint density at radius 2 is 1.67 bits per heavy atom. The van der Waals surface area contributed by atoms with Crippen molar-refractivity contribution in [2.24, 2.45) is 0 Å². The maximum atomic E-state index is 3.88. The first-order chi connectivity index (χ1) is 8.86. The molecular formula is C18H27. The Labute approximate surface area is 113 Å². The molecular weight excluding hydrogens is 216 g/mol. The van der Waals surface area contributed by atoms with Crippen molar-refractivity contribution in [3.8, 4) is 0 Å². The van der Waals surface area contributed by atoms with Crippen LogP contribution in [0.2, 0.25) is 0 Å². The maximum absolute atomic E-state index is 3.88. The van der Waals surface area contributed by atoms with E-state index < -0.39 is 0 Å². The fourth-order valence-electron chi connectivity index (χ4n) is 2.03. The van der Waals surface area contributed by atoms with Gasteiger partial charge in [0.2, 0.25) is 0 Å². The lowest BCUT2D eigenvalue weighted by Gasteiger charge is -2.03. The minimum atomic E-state index is 1.07. The van der Waals surface area contributed by atoms with Gasteiger partial charge >= 0.3 is 0 Å². The Morgan fingerprint density at radius 1 is 0.944 bits per heavy atom. The van der Waals surface area contributed by atoms with Crippen molar-refractivity contribution in [2.75, 3.05) is 0 Å². The van der Waals surface area contributed by atoms with Gasteiger partial charge in [0.25, 0.3) is 0 Å². The average molecular weight is 243 g/mol. The fourth-order valence-corrected chi connectivity index (χ4v) is 2.03. The normalized spacial score (nSPS) is 11.2. The molecule has 0 amide bonds. The van der Waals surface area contributed by atoms with E-state index in [1.165, 1.54) is 49.7 Å². The third kappa shape index (κ3) is 6.64. The summed E-state index contributed by atoms with van der Waals surface area (Å²) < 4.78 is 0. The van der Waals surface area contributed by atoms with Gasteiger partial charge in [-0.1, -0.05) is 75.9 Å². The van der Waals surface area contributed by atoms with Crippen LogP contribution < -0.4 is 0 Å². The minimum absolute atomic E-state index is 1.07. The van der Waals surface area contributed by atoms with Gasteiger partial charge in [0.1, 0.15) is 0 Å². The highest BCUT2D eigenvalue weighted by Gasteiger charge is 1.94. The van der Waals surface area contributed by atoms with Crippen LogP contribution in [0.25, 0.3) is 0 Å². The molecule has 99 valence electrons. The van der Waals surface area contributed by atoms with Crippen molar-refractivity contribution in [3.63, 3.8) is 0 Å². The molecule has 0 heterocycles. The van der Waals surface area contributed by atoms with Crippen LogP contribution in [0, 0.1) is 6.92 Å². The van der Waals surface area contributed by atoms with Crippen molar-refractivity contribution in [2.45, 2.75) is 58.3 Å². The lowest BCUT2D eigenvalue weighted by Crippen LogP contribution is -1.87. The summed E-state index contributed by atoms with van der Waals surface area (Å²) >= 11 is 0. The van der Waals surface area contributed by atoms with Crippen LogP contribution in [-0.2, 0) is 12.8 Å². The number of aryl methyl sites for hydroxylation is 1. The molecule has 0 saturated carbocycles. The van der Waals surface area contributed by atoms with Crippen molar-refractivity contribution < 1.29 is 0 Å². The van der Waals surface area contributed by atoms with Crippen LogP contribution in [0.4, 0.5) is 0 Å². The Morgan fingerprint density at radius 3 is 2.33 bits per heavy atom. The van der Waals surface area contributed by atoms with Gasteiger partial charge in [-0.05, 0) is 36.8 Å². The standard InChI is InChI=1S/C18H27/c1-3-5-7-9-11-17-13-15-18(16-14-17)12-10-8-6-4-2/h8,10,13-16H,1,3-7,9,11-12H2,2H3. The molecule has 0 nitrogen and oxygen atoms in total. The van der Waals surface area contributed by atoms with Crippen molar-refractivity contribution in [1.29, 1.82) is 0 Å². The minimum Gasteiger partial charge on any atom is -0.0882 e. The highest BCUT2D eigenvalue weighted by atomic mass is 14.0. The van der Waals surface area contributed by atoms with Crippen LogP contribution in [0.5, 0.6) is 0 Å². The monoisotopic (exact) mass is 243 g/mol. The summed E-state index contributed by atoms with van der Waals surface area (Å²) in [5, 5.41) is 0. The zero-order chi connectivity index (χ0) is 13.1. The van der Waals surface area contributed by atoms with Gasteiger partial charge in [0.05, 0.1) is 0 Å². The molecule has 0 fully saturated rings. The van der Waals surface area contributed by atoms with E-state index in [0.717, 1.165) is 12.8 Å². The topological polar surface area (TPSA) is 0 Å². The van der Waals surface area contributed by atoms with Crippen LogP contribution in [-0.4, -0.2) is 0 Å². The first-order valence-corrected chi connectivity index (χ1v) is 7.39. The summed E-state index contributed by atoms with van der Waals surface area (Å²) in [4.78, 5) is 0. The van der Waals surface area contributed by atoms with Gasteiger partial charge < -0.3 is 0 Å². The molecule has 0 aromatic heterocycles. The molecule has 0 bridgehead atoms. The second kappa shape index (κ2) is 9.94. The molecule has 1 aromatic carbocycles. The van der Waals surface area contributed by atoms with E-state index in [1.54, 1.807) is 0 Å². The number of hydrogen-bond donors (Lipinski definition) is 0. The Bertz CT molecular complexity index is 318.